The van der Waals surface area contributed by atoms with Gasteiger partial charge < -0.3 is 10.1 Å². The number of amides is 1. The molecule has 1 aliphatic rings. The van der Waals surface area contributed by atoms with Crippen LogP contribution >= 0.6 is 0 Å². The number of sulfonamides is 1. The number of ether oxygens (including phenoxy) is 1. The molecular weight excluding hydrogens is 438 g/mol. The third-order valence-electron chi connectivity index (χ3n) is 5.84. The van der Waals surface area contributed by atoms with Crippen molar-refractivity contribution in [2.24, 2.45) is 0 Å². The van der Waals surface area contributed by atoms with Crippen molar-refractivity contribution in [1.82, 2.24) is 9.21 Å². The number of benzene rings is 2. The number of rotatable bonds is 10. The molecule has 1 heterocycles. The van der Waals surface area contributed by atoms with Gasteiger partial charge in [0.25, 0.3) is 0 Å². The minimum Gasteiger partial charge on any atom is -0.490 e. The Labute approximate surface area is 197 Å². The Kier molecular flexibility index (Phi) is 8.66. The van der Waals surface area contributed by atoms with E-state index in [-0.39, 0.29) is 16.8 Å². The average Bonchev–Trinajstić information content (AvgIpc) is 2.84. The molecule has 1 amide bonds. The van der Waals surface area contributed by atoms with Crippen LogP contribution in [0.4, 0.5) is 5.69 Å². The zero-order valence-electron chi connectivity index (χ0n) is 19.4. The Bertz CT molecular complexity index is 1030. The summed E-state index contributed by atoms with van der Waals surface area (Å²) in [7, 11) is -1.59. The van der Waals surface area contributed by atoms with Gasteiger partial charge in [-0.25, -0.2) is 8.42 Å². The molecular formula is C25H33N3O4S. The van der Waals surface area contributed by atoms with Crippen LogP contribution in [-0.2, 0) is 21.4 Å². The molecule has 178 valence electrons. The van der Waals surface area contributed by atoms with Crippen molar-refractivity contribution in [3.63, 3.8) is 0 Å². The topological polar surface area (TPSA) is 79.0 Å². The van der Waals surface area contributed by atoms with Gasteiger partial charge in [-0.1, -0.05) is 31.2 Å². The van der Waals surface area contributed by atoms with Crippen LogP contribution in [0.3, 0.4) is 0 Å². The maximum atomic E-state index is 12.8. The lowest BCUT2D eigenvalue weighted by atomic mass is 10.1. The zero-order valence-corrected chi connectivity index (χ0v) is 20.2. The van der Waals surface area contributed by atoms with E-state index >= 15 is 0 Å². The van der Waals surface area contributed by atoms with Gasteiger partial charge in [0.15, 0.2) is 0 Å². The van der Waals surface area contributed by atoms with Crippen molar-refractivity contribution in [2.45, 2.75) is 43.7 Å². The Morgan fingerprint density at radius 1 is 1.12 bits per heavy atom. The van der Waals surface area contributed by atoms with E-state index in [4.69, 9.17) is 4.74 Å². The molecule has 7 nitrogen and oxygen atoms in total. The van der Waals surface area contributed by atoms with Gasteiger partial charge in [-0.05, 0) is 68.8 Å². The van der Waals surface area contributed by atoms with E-state index in [2.05, 4.69) is 11.9 Å². The number of piperidine rings is 1. The van der Waals surface area contributed by atoms with E-state index in [1.54, 1.807) is 34.6 Å². The summed E-state index contributed by atoms with van der Waals surface area (Å²) in [5, 5.41) is 2.88. The highest BCUT2D eigenvalue weighted by atomic mass is 32.2. The molecule has 1 aliphatic heterocycles. The SMILES string of the molecule is C=CCOc1ccc(CN(C)C(C)C(=O)Nc2ccc(S(=O)(=O)N3CCCCC3)cc2)cc1. The second kappa shape index (κ2) is 11.4. The first-order chi connectivity index (χ1) is 15.8. The molecule has 0 spiro atoms. The second-order valence-electron chi connectivity index (χ2n) is 8.31. The standard InChI is InChI=1S/C25H33N3O4S/c1-4-18-32-23-12-8-21(9-13-23)19-27(3)20(2)25(29)26-22-10-14-24(15-11-22)33(30,31)28-16-6-5-7-17-28/h4,8-15,20H,1,5-7,16-19H2,2-3H3,(H,26,29). The normalized spacial score (nSPS) is 15.7. The number of nitrogens with one attached hydrogen (secondary N) is 1. The van der Waals surface area contributed by atoms with Gasteiger partial charge in [0.05, 0.1) is 10.9 Å². The summed E-state index contributed by atoms with van der Waals surface area (Å²) < 4.78 is 32.6. The molecule has 0 aliphatic carbocycles. The molecule has 33 heavy (non-hydrogen) atoms. The summed E-state index contributed by atoms with van der Waals surface area (Å²) in [6.45, 7) is 7.66. The summed E-state index contributed by atoms with van der Waals surface area (Å²) in [6.07, 6.45) is 4.56. The second-order valence-corrected chi connectivity index (χ2v) is 10.3. The summed E-state index contributed by atoms with van der Waals surface area (Å²) in [5.74, 6) is 0.618. The van der Waals surface area contributed by atoms with Crippen molar-refractivity contribution in [1.29, 1.82) is 0 Å². The highest BCUT2D eigenvalue weighted by Gasteiger charge is 2.26. The monoisotopic (exact) mass is 471 g/mol. The van der Waals surface area contributed by atoms with Gasteiger partial charge in [0, 0.05) is 25.3 Å². The van der Waals surface area contributed by atoms with Crippen molar-refractivity contribution in [2.75, 3.05) is 32.1 Å². The van der Waals surface area contributed by atoms with E-state index < -0.39 is 10.0 Å². The van der Waals surface area contributed by atoms with Crippen molar-refractivity contribution in [3.8, 4) is 5.75 Å². The minimum atomic E-state index is -3.48. The maximum absolute atomic E-state index is 12.8. The lowest BCUT2D eigenvalue weighted by Crippen LogP contribution is -2.39. The average molecular weight is 472 g/mol. The van der Waals surface area contributed by atoms with E-state index in [0.717, 1.165) is 30.6 Å². The molecule has 0 bridgehead atoms. The van der Waals surface area contributed by atoms with Crippen molar-refractivity contribution >= 4 is 21.6 Å². The summed E-state index contributed by atoms with van der Waals surface area (Å²) >= 11 is 0. The first-order valence-electron chi connectivity index (χ1n) is 11.2. The fraction of sp³-hybridized carbons (Fsp3) is 0.400. The smallest absolute Gasteiger partial charge is 0.243 e. The van der Waals surface area contributed by atoms with Crippen molar-refractivity contribution in [3.05, 3.63) is 66.7 Å². The lowest BCUT2D eigenvalue weighted by molar-refractivity contribution is -0.120. The molecule has 1 N–H and O–H groups in total. The molecule has 1 unspecified atom stereocenters. The van der Waals surface area contributed by atoms with E-state index in [9.17, 15) is 13.2 Å². The molecule has 8 heteroatoms. The van der Waals surface area contributed by atoms with Gasteiger partial charge in [-0.2, -0.15) is 4.31 Å². The molecule has 3 rings (SSSR count). The molecule has 1 atom stereocenters. The molecule has 2 aromatic carbocycles. The first kappa shape index (κ1) is 25.0. The number of likely N-dealkylation sites (N-methyl/N-ethyl adjacent to an activating group) is 1. The maximum Gasteiger partial charge on any atom is 0.243 e. The molecule has 0 aromatic heterocycles. The van der Waals surface area contributed by atoms with Crippen LogP contribution < -0.4 is 10.1 Å². The molecule has 2 aromatic rings. The van der Waals surface area contributed by atoms with Gasteiger partial charge >= 0.3 is 0 Å². The number of nitrogens with zero attached hydrogens (tertiary/aromatic N) is 2. The number of carbonyl (C=O) groups is 1. The molecule has 0 saturated carbocycles. The third kappa shape index (κ3) is 6.66. The largest absolute Gasteiger partial charge is 0.490 e. The fourth-order valence-electron chi connectivity index (χ4n) is 3.68. The number of carbonyl (C=O) groups excluding carboxylic acids is 1. The fourth-order valence-corrected chi connectivity index (χ4v) is 5.20. The van der Waals surface area contributed by atoms with Gasteiger partial charge in [0.1, 0.15) is 12.4 Å². The number of hydrogen-bond donors (Lipinski definition) is 1. The number of anilines is 1. The van der Waals surface area contributed by atoms with Crippen LogP contribution in [0.15, 0.2) is 66.1 Å². The Morgan fingerprint density at radius 3 is 2.36 bits per heavy atom. The van der Waals surface area contributed by atoms with Crippen LogP contribution in [0.1, 0.15) is 31.7 Å². The summed E-state index contributed by atoms with van der Waals surface area (Å²) in [6, 6.07) is 13.8. The highest BCUT2D eigenvalue weighted by Crippen LogP contribution is 2.22. The zero-order chi connectivity index (χ0) is 23.8. The van der Waals surface area contributed by atoms with Crippen molar-refractivity contribution < 1.29 is 17.9 Å². The van der Waals surface area contributed by atoms with E-state index in [1.165, 1.54) is 0 Å². The van der Waals surface area contributed by atoms with Crippen LogP contribution in [0.25, 0.3) is 0 Å². The predicted molar refractivity (Wildman–Crippen MR) is 131 cm³/mol. The Hall–Kier alpha value is -2.68. The lowest BCUT2D eigenvalue weighted by Gasteiger charge is -2.26. The van der Waals surface area contributed by atoms with Crippen LogP contribution in [0.5, 0.6) is 5.75 Å². The first-order valence-corrected chi connectivity index (χ1v) is 12.7. The molecule has 1 fully saturated rings. The summed E-state index contributed by atoms with van der Waals surface area (Å²) in [5.41, 5.74) is 1.64. The summed E-state index contributed by atoms with van der Waals surface area (Å²) in [4.78, 5) is 14.9. The molecule has 0 radical (unpaired) electrons. The highest BCUT2D eigenvalue weighted by molar-refractivity contribution is 7.89. The van der Waals surface area contributed by atoms with E-state index in [0.29, 0.717) is 31.9 Å². The third-order valence-corrected chi connectivity index (χ3v) is 7.75. The van der Waals surface area contributed by atoms with Crippen LogP contribution in [0, 0.1) is 0 Å². The van der Waals surface area contributed by atoms with Crippen LogP contribution in [-0.4, -0.2) is 56.3 Å². The van der Waals surface area contributed by atoms with Gasteiger partial charge in [-0.15, -0.1) is 0 Å². The Morgan fingerprint density at radius 2 is 1.76 bits per heavy atom. The Balaban J connectivity index is 1.55. The van der Waals surface area contributed by atoms with E-state index in [1.807, 2.05) is 43.1 Å². The number of hydrogen-bond acceptors (Lipinski definition) is 5. The quantitative estimate of drug-likeness (QED) is 0.532. The predicted octanol–water partition coefficient (Wildman–Crippen LogP) is 3.89. The molecule has 1 saturated heterocycles. The minimum absolute atomic E-state index is 0.157. The van der Waals surface area contributed by atoms with Crippen LogP contribution in [0.2, 0.25) is 0 Å². The van der Waals surface area contributed by atoms with Gasteiger partial charge in [0.2, 0.25) is 15.9 Å². The van der Waals surface area contributed by atoms with Gasteiger partial charge in [-0.3, -0.25) is 9.69 Å².